The van der Waals surface area contributed by atoms with Crippen molar-refractivity contribution in [2.24, 2.45) is 10.2 Å². The Bertz CT molecular complexity index is 1630. The first-order valence-corrected chi connectivity index (χ1v) is 13.9. The zero-order valence-corrected chi connectivity index (χ0v) is 25.3. The van der Waals surface area contributed by atoms with Gasteiger partial charge in [-0.05, 0) is 77.6 Å². The van der Waals surface area contributed by atoms with Crippen molar-refractivity contribution in [3.05, 3.63) is 52.9 Å². The fourth-order valence-electron chi connectivity index (χ4n) is 3.88. The summed E-state index contributed by atoms with van der Waals surface area (Å²) < 4.78 is 0. The first kappa shape index (κ1) is 31.7. The highest BCUT2D eigenvalue weighted by atomic mass is 16.2. The zero-order chi connectivity index (χ0) is 31.6. The second kappa shape index (κ2) is 14.8. The van der Waals surface area contributed by atoms with Gasteiger partial charge in [-0.2, -0.15) is 25.2 Å². The van der Waals surface area contributed by atoms with Crippen LogP contribution in [0.25, 0.3) is 11.0 Å². The second-order valence-electron chi connectivity index (χ2n) is 10.5. The van der Waals surface area contributed by atoms with Crippen molar-refractivity contribution in [2.75, 3.05) is 75.6 Å². The first-order valence-electron chi connectivity index (χ1n) is 13.9. The molecule has 0 saturated heterocycles. The highest BCUT2D eigenvalue weighted by Gasteiger charge is 2.23. The van der Waals surface area contributed by atoms with Gasteiger partial charge in [-0.1, -0.05) is 0 Å². The molecule has 4 rings (SSSR count). The van der Waals surface area contributed by atoms with Gasteiger partial charge >= 0.3 is 5.69 Å². The summed E-state index contributed by atoms with van der Waals surface area (Å²) in [6.07, 6.45) is 0. The summed E-state index contributed by atoms with van der Waals surface area (Å²) in [7, 11) is 7.96. The van der Waals surface area contributed by atoms with Crippen LogP contribution in [0.1, 0.15) is 6.92 Å². The summed E-state index contributed by atoms with van der Waals surface area (Å²) in [5.74, 6) is 0.121. The Morgan fingerprint density at radius 3 is 1.98 bits per heavy atom. The third kappa shape index (κ3) is 9.40. The van der Waals surface area contributed by atoms with E-state index in [4.69, 9.17) is 0 Å². The Kier molecular flexibility index (Phi) is 10.7. The number of amides is 1. The molecular formula is C28H37N13O3. The van der Waals surface area contributed by atoms with Crippen LogP contribution in [0.2, 0.25) is 0 Å². The number of imidazole rings is 1. The summed E-state index contributed by atoms with van der Waals surface area (Å²) in [4.78, 5) is 59.3. The topological polar surface area (TPSA) is 201 Å². The molecule has 0 aliphatic carbocycles. The van der Waals surface area contributed by atoms with Crippen LogP contribution in [0.15, 0.2) is 57.5 Å². The predicted molar refractivity (Wildman–Crippen MR) is 170 cm³/mol. The summed E-state index contributed by atoms with van der Waals surface area (Å²) in [6, 6.07) is 10.4. The lowest BCUT2D eigenvalue weighted by atomic mass is 10.2. The van der Waals surface area contributed by atoms with Crippen molar-refractivity contribution in [1.29, 1.82) is 0 Å². The van der Waals surface area contributed by atoms with Crippen LogP contribution >= 0.6 is 0 Å². The van der Waals surface area contributed by atoms with E-state index in [1.807, 2.05) is 28.2 Å². The van der Waals surface area contributed by atoms with Crippen LogP contribution in [0.5, 0.6) is 0 Å². The molecule has 4 aromatic rings. The molecule has 2 aromatic carbocycles. The molecule has 2 aromatic heterocycles. The number of rotatable bonds is 15. The van der Waals surface area contributed by atoms with E-state index in [1.54, 1.807) is 42.5 Å². The van der Waals surface area contributed by atoms with Crippen LogP contribution in [0.4, 0.5) is 34.9 Å². The minimum Gasteiger partial charge on any atom is -0.353 e. The highest BCUT2D eigenvalue weighted by molar-refractivity contribution is 6.10. The van der Waals surface area contributed by atoms with Gasteiger partial charge in [0.05, 0.1) is 16.7 Å². The lowest BCUT2D eigenvalue weighted by molar-refractivity contribution is -0.126. The van der Waals surface area contributed by atoms with E-state index in [0.29, 0.717) is 59.0 Å². The van der Waals surface area contributed by atoms with Gasteiger partial charge in [0.1, 0.15) is 0 Å². The van der Waals surface area contributed by atoms with E-state index in [2.05, 4.69) is 66.2 Å². The summed E-state index contributed by atoms with van der Waals surface area (Å²) in [5.41, 5.74) is 2.29. The van der Waals surface area contributed by atoms with Crippen molar-refractivity contribution >= 4 is 57.6 Å². The normalized spacial score (nSPS) is 12.2. The molecule has 0 fully saturated rings. The van der Waals surface area contributed by atoms with Crippen LogP contribution in [-0.4, -0.2) is 107 Å². The third-order valence-corrected chi connectivity index (χ3v) is 6.15. The SMILES string of the molecule is CC(=O)C(N=Nc1ccc(Nc2nc(NCCN(C)C)nc(NCCN(C)C)n2)cc1)C(=O)Nc1ccc2[nH]c(=O)[nH]c2c1. The molecule has 0 radical (unpaired) electrons. The molecule has 232 valence electrons. The maximum Gasteiger partial charge on any atom is 0.323 e. The number of likely N-dealkylation sites (N-methyl/N-ethyl adjacent to an activating group) is 2. The second-order valence-corrected chi connectivity index (χ2v) is 10.5. The summed E-state index contributed by atoms with van der Waals surface area (Å²) in [6.45, 7) is 4.22. The number of fused-ring (bicyclic) bond motifs is 1. The predicted octanol–water partition coefficient (Wildman–Crippen LogP) is 2.41. The van der Waals surface area contributed by atoms with Crippen molar-refractivity contribution < 1.29 is 9.59 Å². The molecular weight excluding hydrogens is 566 g/mol. The molecule has 16 heteroatoms. The lowest BCUT2D eigenvalue weighted by Crippen LogP contribution is -2.31. The number of H-pyrrole nitrogens is 2. The zero-order valence-electron chi connectivity index (χ0n) is 25.3. The van der Waals surface area contributed by atoms with Crippen LogP contribution < -0.4 is 27.0 Å². The highest BCUT2D eigenvalue weighted by Crippen LogP contribution is 2.21. The number of anilines is 5. The number of Topliss-reactive ketones (excluding diaryl/α,β-unsaturated/α-hetero) is 1. The van der Waals surface area contributed by atoms with E-state index in [9.17, 15) is 14.4 Å². The van der Waals surface area contributed by atoms with E-state index < -0.39 is 17.7 Å². The van der Waals surface area contributed by atoms with E-state index >= 15 is 0 Å². The molecule has 44 heavy (non-hydrogen) atoms. The Morgan fingerprint density at radius 1 is 0.818 bits per heavy atom. The molecule has 6 N–H and O–H groups in total. The minimum atomic E-state index is -1.35. The van der Waals surface area contributed by atoms with Gasteiger partial charge in [-0.25, -0.2) is 4.79 Å². The molecule has 0 aliphatic heterocycles. The average molecular weight is 604 g/mol. The molecule has 2 heterocycles. The number of nitrogens with zero attached hydrogens (tertiary/aromatic N) is 7. The van der Waals surface area contributed by atoms with Gasteiger partial charge in [0.2, 0.25) is 23.9 Å². The maximum atomic E-state index is 12.8. The molecule has 0 spiro atoms. The molecule has 1 amide bonds. The maximum absolute atomic E-state index is 12.8. The molecule has 1 unspecified atom stereocenters. The van der Waals surface area contributed by atoms with Crippen LogP contribution in [0.3, 0.4) is 0 Å². The molecule has 0 saturated carbocycles. The number of carbonyl (C=O) groups excluding carboxylic acids is 2. The van der Waals surface area contributed by atoms with Crippen LogP contribution in [0, 0.1) is 0 Å². The number of ketones is 1. The van der Waals surface area contributed by atoms with E-state index in [0.717, 1.165) is 13.1 Å². The number of nitrogens with one attached hydrogen (secondary N) is 6. The van der Waals surface area contributed by atoms with Crippen molar-refractivity contribution in [2.45, 2.75) is 13.0 Å². The van der Waals surface area contributed by atoms with Gasteiger partial charge in [-0.3, -0.25) is 9.59 Å². The molecule has 0 aliphatic rings. The van der Waals surface area contributed by atoms with Gasteiger partial charge in [0.25, 0.3) is 5.91 Å². The first-order chi connectivity index (χ1) is 21.0. The summed E-state index contributed by atoms with van der Waals surface area (Å²) in [5, 5.41) is 20.4. The smallest absolute Gasteiger partial charge is 0.323 e. The van der Waals surface area contributed by atoms with Crippen LogP contribution in [-0.2, 0) is 9.59 Å². The number of benzene rings is 2. The number of hydrogen-bond donors (Lipinski definition) is 6. The number of azo groups is 1. The van der Waals surface area contributed by atoms with Gasteiger partial charge < -0.3 is 41.0 Å². The Hall–Kier alpha value is -5.22. The fraction of sp³-hybridized carbons (Fsp3) is 0.357. The van der Waals surface area contributed by atoms with Gasteiger partial charge in [-0.15, -0.1) is 0 Å². The molecule has 16 nitrogen and oxygen atoms in total. The molecule has 0 bridgehead atoms. The number of aromatic nitrogens is 5. The van der Waals surface area contributed by atoms with E-state index in [1.165, 1.54) is 6.92 Å². The Morgan fingerprint density at radius 2 is 1.39 bits per heavy atom. The standard InChI is InChI=1S/C28H37N13O3/c1-17(42)23(24(43)31-20-10-11-21-22(16-20)34-28(44)33-21)39-38-19-8-6-18(7-9-19)32-27-36-25(29-12-14-40(2)3)35-26(37-27)30-13-15-41(4)5/h6-11,16,23H,12-15H2,1-5H3,(H,31,43)(H2,33,34,44)(H3,29,30,32,35,36,37). The van der Waals surface area contributed by atoms with Crippen molar-refractivity contribution in [1.82, 2.24) is 34.7 Å². The summed E-state index contributed by atoms with van der Waals surface area (Å²) >= 11 is 0. The Balaban J connectivity index is 1.42. The number of hydrogen-bond acceptors (Lipinski definition) is 13. The van der Waals surface area contributed by atoms with Gasteiger partial charge in [0.15, 0.2) is 5.78 Å². The largest absolute Gasteiger partial charge is 0.353 e. The monoisotopic (exact) mass is 603 g/mol. The van der Waals surface area contributed by atoms with E-state index in [-0.39, 0.29) is 5.69 Å². The number of carbonyl (C=O) groups is 2. The van der Waals surface area contributed by atoms with Gasteiger partial charge in [0, 0.05) is 37.6 Å². The number of aromatic amines is 2. The average Bonchev–Trinajstić information content (AvgIpc) is 3.32. The Labute approximate surface area is 253 Å². The third-order valence-electron chi connectivity index (χ3n) is 6.15. The fourth-order valence-corrected chi connectivity index (χ4v) is 3.88. The van der Waals surface area contributed by atoms with Crippen molar-refractivity contribution in [3.63, 3.8) is 0 Å². The van der Waals surface area contributed by atoms with Crippen molar-refractivity contribution in [3.8, 4) is 0 Å². The lowest BCUT2D eigenvalue weighted by Gasteiger charge is -2.14. The quantitative estimate of drug-likeness (QED) is 0.0861. The molecule has 1 atom stereocenters. The minimum absolute atomic E-state index is 0.351.